The van der Waals surface area contributed by atoms with Gasteiger partial charge in [0.05, 0.1) is 11.3 Å². The molecular weight excluding hydrogens is 430 g/mol. The second-order valence-corrected chi connectivity index (χ2v) is 6.82. The number of esters is 1. The number of benzene rings is 2. The van der Waals surface area contributed by atoms with E-state index in [1.807, 2.05) is 6.92 Å². The number of rotatable bonds is 5. The lowest BCUT2D eigenvalue weighted by Gasteiger charge is -2.19. The van der Waals surface area contributed by atoms with Gasteiger partial charge >= 0.3 is 12.0 Å². The highest BCUT2D eigenvalue weighted by molar-refractivity contribution is 9.10. The number of amides is 3. The second-order valence-electron chi connectivity index (χ2n) is 5.96. The first-order chi connectivity index (χ1) is 13.5. The van der Waals surface area contributed by atoms with Gasteiger partial charge in [0, 0.05) is 22.8 Å². The van der Waals surface area contributed by atoms with Crippen molar-refractivity contribution in [2.75, 3.05) is 23.8 Å². The Morgan fingerprint density at radius 1 is 1.29 bits per heavy atom. The molecule has 2 aromatic carbocycles. The van der Waals surface area contributed by atoms with Gasteiger partial charge in [-0.25, -0.2) is 9.59 Å². The van der Waals surface area contributed by atoms with Crippen LogP contribution in [0.5, 0.6) is 11.5 Å². The third-order valence-corrected chi connectivity index (χ3v) is 4.42. The van der Waals surface area contributed by atoms with Crippen LogP contribution >= 0.6 is 15.9 Å². The average Bonchev–Trinajstić information content (AvgIpc) is 2.66. The number of fused-ring (bicyclic) bond motifs is 1. The molecule has 0 atom stereocenters. The highest BCUT2D eigenvalue weighted by Crippen LogP contribution is 2.34. The van der Waals surface area contributed by atoms with Gasteiger partial charge in [0.2, 0.25) is 0 Å². The predicted octanol–water partition coefficient (Wildman–Crippen LogP) is 3.53. The molecule has 2 aromatic rings. The number of ether oxygens (including phenoxy) is 2. The maximum absolute atomic E-state index is 12.6. The molecule has 8 nitrogen and oxygen atoms in total. The van der Waals surface area contributed by atoms with Crippen LogP contribution in [0, 0.1) is 0 Å². The minimum Gasteiger partial charge on any atom is -0.482 e. The Kier molecular flexibility index (Phi) is 6.15. The van der Waals surface area contributed by atoms with Crippen LogP contribution in [-0.2, 0) is 4.79 Å². The van der Waals surface area contributed by atoms with Gasteiger partial charge in [-0.3, -0.25) is 4.79 Å². The first kappa shape index (κ1) is 19.7. The van der Waals surface area contributed by atoms with Crippen molar-refractivity contribution < 1.29 is 23.9 Å². The Hall–Kier alpha value is -3.07. The van der Waals surface area contributed by atoms with Crippen LogP contribution in [-0.4, -0.2) is 31.1 Å². The second kappa shape index (κ2) is 8.75. The third kappa shape index (κ3) is 4.80. The molecular formula is C19H18BrN3O5. The molecule has 28 heavy (non-hydrogen) atoms. The Morgan fingerprint density at radius 3 is 2.89 bits per heavy atom. The fourth-order valence-corrected chi connectivity index (χ4v) is 2.97. The highest BCUT2D eigenvalue weighted by atomic mass is 79.9. The largest absolute Gasteiger partial charge is 0.482 e. The number of anilines is 2. The zero-order valence-electron chi connectivity index (χ0n) is 15.0. The minimum atomic E-state index is -0.609. The Balaban J connectivity index is 1.72. The molecule has 3 rings (SSSR count). The summed E-state index contributed by atoms with van der Waals surface area (Å²) >= 11 is 3.31. The number of hydrogen-bond donors (Lipinski definition) is 3. The van der Waals surface area contributed by atoms with Crippen LogP contribution in [0.4, 0.5) is 16.2 Å². The van der Waals surface area contributed by atoms with E-state index in [0.717, 1.165) is 6.42 Å². The van der Waals surface area contributed by atoms with E-state index in [0.29, 0.717) is 28.1 Å². The molecule has 1 heterocycles. The van der Waals surface area contributed by atoms with Crippen LogP contribution in [0.15, 0.2) is 40.9 Å². The zero-order chi connectivity index (χ0) is 20.1. The lowest BCUT2D eigenvalue weighted by molar-refractivity contribution is -0.118. The number of urea groups is 1. The monoisotopic (exact) mass is 447 g/mol. The van der Waals surface area contributed by atoms with Crippen LogP contribution in [0.25, 0.3) is 0 Å². The van der Waals surface area contributed by atoms with Gasteiger partial charge in [0.15, 0.2) is 6.61 Å². The van der Waals surface area contributed by atoms with Crippen molar-refractivity contribution in [2.45, 2.75) is 13.3 Å². The SMILES string of the molecule is CCCNC(=O)Nc1cccc(OC(=O)c2cc3c(cc2Br)NC(=O)CO3)c1. The van der Waals surface area contributed by atoms with E-state index in [2.05, 4.69) is 31.9 Å². The Bertz CT molecular complexity index is 932. The van der Waals surface area contributed by atoms with Gasteiger partial charge < -0.3 is 25.4 Å². The van der Waals surface area contributed by atoms with Gasteiger partial charge in [-0.1, -0.05) is 13.0 Å². The van der Waals surface area contributed by atoms with Gasteiger partial charge in [0.25, 0.3) is 5.91 Å². The summed E-state index contributed by atoms with van der Waals surface area (Å²) in [6.45, 7) is 2.41. The van der Waals surface area contributed by atoms with Crippen molar-refractivity contribution in [3.05, 3.63) is 46.4 Å². The van der Waals surface area contributed by atoms with Crippen molar-refractivity contribution in [3.63, 3.8) is 0 Å². The molecule has 146 valence electrons. The molecule has 1 aliphatic heterocycles. The summed E-state index contributed by atoms with van der Waals surface area (Å²) in [5.41, 5.74) is 1.22. The van der Waals surface area contributed by atoms with Crippen molar-refractivity contribution in [2.24, 2.45) is 0 Å². The number of halogens is 1. The molecule has 3 amide bonds. The molecule has 0 aliphatic carbocycles. The summed E-state index contributed by atoms with van der Waals surface area (Å²) in [4.78, 5) is 35.7. The molecule has 0 radical (unpaired) electrons. The first-order valence-corrected chi connectivity index (χ1v) is 9.39. The van der Waals surface area contributed by atoms with Crippen LogP contribution in [0.3, 0.4) is 0 Å². The molecule has 0 aromatic heterocycles. The van der Waals surface area contributed by atoms with E-state index < -0.39 is 5.97 Å². The smallest absolute Gasteiger partial charge is 0.344 e. The van der Waals surface area contributed by atoms with E-state index in [-0.39, 0.29) is 29.9 Å². The quantitative estimate of drug-likeness (QED) is 0.480. The molecule has 1 aliphatic rings. The first-order valence-electron chi connectivity index (χ1n) is 8.59. The highest BCUT2D eigenvalue weighted by Gasteiger charge is 2.22. The maximum Gasteiger partial charge on any atom is 0.344 e. The molecule has 9 heteroatoms. The lowest BCUT2D eigenvalue weighted by Crippen LogP contribution is -2.29. The van der Waals surface area contributed by atoms with Crippen LogP contribution < -0.4 is 25.4 Å². The summed E-state index contributed by atoms with van der Waals surface area (Å²) < 4.78 is 11.2. The van der Waals surface area contributed by atoms with Gasteiger partial charge in [-0.2, -0.15) is 0 Å². The molecule has 0 unspecified atom stereocenters. The molecule has 0 saturated heterocycles. The molecule has 3 N–H and O–H groups in total. The van der Waals surface area contributed by atoms with E-state index in [1.54, 1.807) is 30.3 Å². The molecule has 0 spiro atoms. The minimum absolute atomic E-state index is 0.114. The number of carbonyl (C=O) groups excluding carboxylic acids is 3. The van der Waals surface area contributed by atoms with Crippen LogP contribution in [0.1, 0.15) is 23.7 Å². The van der Waals surface area contributed by atoms with Crippen LogP contribution in [0.2, 0.25) is 0 Å². The lowest BCUT2D eigenvalue weighted by atomic mass is 10.1. The molecule has 0 saturated carbocycles. The van der Waals surface area contributed by atoms with Gasteiger partial charge in [-0.05, 0) is 46.6 Å². The van der Waals surface area contributed by atoms with Crippen molar-refractivity contribution in [1.29, 1.82) is 0 Å². The Labute approximate surface area is 169 Å². The average molecular weight is 448 g/mol. The Morgan fingerprint density at radius 2 is 2.11 bits per heavy atom. The molecule has 0 bridgehead atoms. The van der Waals surface area contributed by atoms with E-state index >= 15 is 0 Å². The fraction of sp³-hybridized carbons (Fsp3) is 0.211. The normalized spacial score (nSPS) is 12.3. The topological polar surface area (TPSA) is 106 Å². The summed E-state index contributed by atoms with van der Waals surface area (Å²) in [7, 11) is 0. The standard InChI is InChI=1S/C19H18BrN3O5/c1-2-6-21-19(26)22-11-4-3-5-12(7-11)28-18(25)13-8-16-15(9-14(13)20)23-17(24)10-27-16/h3-5,7-9H,2,6,10H2,1H3,(H,23,24)(H2,21,22,26). The number of hydrogen-bond acceptors (Lipinski definition) is 5. The number of nitrogens with one attached hydrogen (secondary N) is 3. The number of carbonyl (C=O) groups is 3. The summed E-state index contributed by atoms with van der Waals surface area (Å²) in [6, 6.07) is 9.26. The third-order valence-electron chi connectivity index (χ3n) is 3.76. The summed E-state index contributed by atoms with van der Waals surface area (Å²) in [6.07, 6.45) is 0.828. The maximum atomic E-state index is 12.6. The van der Waals surface area contributed by atoms with Crippen molar-refractivity contribution in [3.8, 4) is 11.5 Å². The summed E-state index contributed by atoms with van der Waals surface area (Å²) in [5, 5.41) is 8.04. The molecule has 0 fully saturated rings. The fourth-order valence-electron chi connectivity index (χ4n) is 2.47. The van der Waals surface area contributed by atoms with Crippen molar-refractivity contribution >= 4 is 45.2 Å². The predicted molar refractivity (Wildman–Crippen MR) is 107 cm³/mol. The zero-order valence-corrected chi connectivity index (χ0v) is 16.6. The van der Waals surface area contributed by atoms with Crippen molar-refractivity contribution in [1.82, 2.24) is 5.32 Å². The van der Waals surface area contributed by atoms with E-state index in [4.69, 9.17) is 9.47 Å². The van der Waals surface area contributed by atoms with Gasteiger partial charge in [-0.15, -0.1) is 0 Å². The van der Waals surface area contributed by atoms with Gasteiger partial charge in [0.1, 0.15) is 11.5 Å². The van der Waals surface area contributed by atoms with E-state index in [1.165, 1.54) is 6.07 Å². The summed E-state index contributed by atoms with van der Waals surface area (Å²) in [5.74, 6) is -0.209. The van der Waals surface area contributed by atoms with E-state index in [9.17, 15) is 14.4 Å².